The first kappa shape index (κ1) is 15.0. The summed E-state index contributed by atoms with van der Waals surface area (Å²) in [5.41, 5.74) is 7.93. The van der Waals surface area contributed by atoms with E-state index in [1.165, 1.54) is 10.4 Å². The number of hydrogen-bond donors (Lipinski definition) is 2. The first-order valence-corrected chi connectivity index (χ1v) is 7.83. The van der Waals surface area contributed by atoms with Crippen molar-refractivity contribution in [3.63, 3.8) is 0 Å². The fraction of sp³-hybridized carbons (Fsp3) is 0.438. The van der Waals surface area contributed by atoms with Gasteiger partial charge >= 0.3 is 0 Å². The Bertz CT molecular complexity index is 543. The van der Waals surface area contributed by atoms with E-state index in [0.29, 0.717) is 0 Å². The number of nitrogens with one attached hydrogen (secondary N) is 1. The van der Waals surface area contributed by atoms with Gasteiger partial charge in [-0.1, -0.05) is 32.9 Å². The standard InChI is InChI=1S/C16H23N3S/c1-4-14-9-19-15(20-14)10-18-11-16(2,3)12-5-7-13(17)8-6-12/h5-9,18H,4,10-11,17H2,1-3H3. The van der Waals surface area contributed by atoms with E-state index in [0.717, 1.165) is 30.2 Å². The minimum Gasteiger partial charge on any atom is -0.399 e. The van der Waals surface area contributed by atoms with Crippen LogP contribution in [0.2, 0.25) is 0 Å². The predicted molar refractivity (Wildman–Crippen MR) is 87.1 cm³/mol. The number of thiazole rings is 1. The van der Waals surface area contributed by atoms with E-state index >= 15 is 0 Å². The van der Waals surface area contributed by atoms with E-state index < -0.39 is 0 Å². The maximum Gasteiger partial charge on any atom is 0.107 e. The summed E-state index contributed by atoms with van der Waals surface area (Å²) in [5, 5.41) is 4.67. The molecule has 0 saturated carbocycles. The molecule has 2 rings (SSSR count). The largest absolute Gasteiger partial charge is 0.399 e. The summed E-state index contributed by atoms with van der Waals surface area (Å²) in [5.74, 6) is 0. The normalized spacial score (nSPS) is 11.8. The van der Waals surface area contributed by atoms with Crippen LogP contribution in [0.4, 0.5) is 5.69 Å². The molecular weight excluding hydrogens is 266 g/mol. The van der Waals surface area contributed by atoms with E-state index in [4.69, 9.17) is 5.73 Å². The van der Waals surface area contributed by atoms with Crippen LogP contribution in [-0.4, -0.2) is 11.5 Å². The zero-order chi connectivity index (χ0) is 14.6. The highest BCUT2D eigenvalue weighted by Crippen LogP contribution is 2.23. The van der Waals surface area contributed by atoms with Crippen LogP contribution in [0.3, 0.4) is 0 Å². The molecule has 108 valence electrons. The fourth-order valence-electron chi connectivity index (χ4n) is 2.11. The molecule has 1 aromatic carbocycles. The average Bonchev–Trinajstić information content (AvgIpc) is 2.87. The topological polar surface area (TPSA) is 50.9 Å². The van der Waals surface area contributed by atoms with Crippen molar-refractivity contribution in [1.29, 1.82) is 0 Å². The summed E-state index contributed by atoms with van der Waals surface area (Å²) in [6.45, 7) is 8.39. The molecule has 3 N–H and O–H groups in total. The van der Waals surface area contributed by atoms with E-state index in [1.54, 1.807) is 11.3 Å². The number of aryl methyl sites for hydroxylation is 1. The van der Waals surface area contributed by atoms with Gasteiger partial charge in [0.2, 0.25) is 0 Å². The Labute approximate surface area is 125 Å². The van der Waals surface area contributed by atoms with E-state index in [2.05, 4.69) is 43.2 Å². The molecule has 0 bridgehead atoms. The van der Waals surface area contributed by atoms with Crippen LogP contribution < -0.4 is 11.1 Å². The van der Waals surface area contributed by atoms with Crippen molar-refractivity contribution in [1.82, 2.24) is 10.3 Å². The second-order valence-corrected chi connectivity index (χ2v) is 6.88. The second-order valence-electron chi connectivity index (χ2n) is 5.68. The van der Waals surface area contributed by atoms with Gasteiger partial charge in [-0.25, -0.2) is 4.98 Å². The van der Waals surface area contributed by atoms with Gasteiger partial charge in [-0.2, -0.15) is 0 Å². The number of rotatable bonds is 6. The van der Waals surface area contributed by atoms with Crippen molar-refractivity contribution in [2.24, 2.45) is 0 Å². The molecule has 0 aliphatic rings. The molecule has 3 nitrogen and oxygen atoms in total. The van der Waals surface area contributed by atoms with Crippen LogP contribution in [0.25, 0.3) is 0 Å². The van der Waals surface area contributed by atoms with Crippen molar-refractivity contribution in [3.05, 3.63) is 45.9 Å². The predicted octanol–water partition coefficient (Wildman–Crippen LogP) is 3.36. The molecule has 0 aliphatic heterocycles. The highest BCUT2D eigenvalue weighted by atomic mass is 32.1. The van der Waals surface area contributed by atoms with Gasteiger partial charge in [0, 0.05) is 35.3 Å². The molecular formula is C16H23N3S. The highest BCUT2D eigenvalue weighted by Gasteiger charge is 2.20. The second kappa shape index (κ2) is 6.37. The summed E-state index contributed by atoms with van der Waals surface area (Å²) in [7, 11) is 0. The lowest BCUT2D eigenvalue weighted by Crippen LogP contribution is -2.32. The Morgan fingerprint density at radius 2 is 1.95 bits per heavy atom. The maximum absolute atomic E-state index is 5.74. The molecule has 2 aromatic rings. The minimum absolute atomic E-state index is 0.0819. The molecule has 0 fully saturated rings. The van der Waals surface area contributed by atoms with Crippen LogP contribution in [0.15, 0.2) is 30.5 Å². The zero-order valence-electron chi connectivity index (χ0n) is 12.4. The lowest BCUT2D eigenvalue weighted by Gasteiger charge is -2.25. The number of anilines is 1. The molecule has 0 spiro atoms. The van der Waals surface area contributed by atoms with Gasteiger partial charge in [0.05, 0.1) is 0 Å². The molecule has 0 atom stereocenters. The zero-order valence-corrected chi connectivity index (χ0v) is 13.3. The molecule has 0 amide bonds. The van der Waals surface area contributed by atoms with Crippen LogP contribution in [0.1, 0.15) is 36.2 Å². The summed E-state index contributed by atoms with van der Waals surface area (Å²) in [4.78, 5) is 5.78. The fourth-order valence-corrected chi connectivity index (χ4v) is 2.94. The summed E-state index contributed by atoms with van der Waals surface area (Å²) >= 11 is 1.79. The van der Waals surface area contributed by atoms with Gasteiger partial charge in [0.1, 0.15) is 5.01 Å². The SMILES string of the molecule is CCc1cnc(CNCC(C)(C)c2ccc(N)cc2)s1. The van der Waals surface area contributed by atoms with E-state index in [1.807, 2.05) is 18.3 Å². The van der Waals surface area contributed by atoms with Crippen LogP contribution in [-0.2, 0) is 18.4 Å². The Morgan fingerprint density at radius 1 is 1.25 bits per heavy atom. The third-order valence-electron chi connectivity index (χ3n) is 3.49. The Balaban J connectivity index is 1.90. The van der Waals surface area contributed by atoms with Gasteiger partial charge < -0.3 is 11.1 Å². The quantitative estimate of drug-likeness (QED) is 0.802. The summed E-state index contributed by atoms with van der Waals surface area (Å²) in [6, 6.07) is 8.14. The van der Waals surface area contributed by atoms with Gasteiger partial charge in [0.15, 0.2) is 0 Å². The third-order valence-corrected chi connectivity index (χ3v) is 4.63. The summed E-state index contributed by atoms with van der Waals surface area (Å²) in [6.07, 6.45) is 3.04. The molecule has 20 heavy (non-hydrogen) atoms. The highest BCUT2D eigenvalue weighted by molar-refractivity contribution is 7.11. The van der Waals surface area contributed by atoms with Crippen molar-refractivity contribution >= 4 is 17.0 Å². The number of benzene rings is 1. The van der Waals surface area contributed by atoms with Crippen molar-refractivity contribution in [2.45, 2.75) is 39.2 Å². The molecule has 0 radical (unpaired) electrons. The molecule has 0 unspecified atom stereocenters. The lowest BCUT2D eigenvalue weighted by molar-refractivity contribution is 0.468. The van der Waals surface area contributed by atoms with E-state index in [-0.39, 0.29) is 5.41 Å². The number of aromatic nitrogens is 1. The lowest BCUT2D eigenvalue weighted by atomic mass is 9.84. The Kier molecular flexibility index (Phi) is 4.78. The number of nitrogens with two attached hydrogens (primary N) is 1. The minimum atomic E-state index is 0.0819. The van der Waals surface area contributed by atoms with Crippen LogP contribution in [0, 0.1) is 0 Å². The van der Waals surface area contributed by atoms with Gasteiger partial charge in [0.25, 0.3) is 0 Å². The molecule has 1 heterocycles. The van der Waals surface area contributed by atoms with Crippen LogP contribution >= 0.6 is 11.3 Å². The monoisotopic (exact) mass is 289 g/mol. The number of hydrogen-bond acceptors (Lipinski definition) is 4. The van der Waals surface area contributed by atoms with Crippen molar-refractivity contribution in [2.75, 3.05) is 12.3 Å². The van der Waals surface area contributed by atoms with Gasteiger partial charge in [-0.05, 0) is 24.1 Å². The van der Waals surface area contributed by atoms with Gasteiger partial charge in [-0.15, -0.1) is 11.3 Å². The van der Waals surface area contributed by atoms with Crippen LogP contribution in [0.5, 0.6) is 0 Å². The Hall–Kier alpha value is -1.39. The average molecular weight is 289 g/mol. The van der Waals surface area contributed by atoms with Crippen molar-refractivity contribution < 1.29 is 0 Å². The summed E-state index contributed by atoms with van der Waals surface area (Å²) < 4.78 is 0. The first-order chi connectivity index (χ1) is 9.51. The molecule has 4 heteroatoms. The van der Waals surface area contributed by atoms with Crippen molar-refractivity contribution in [3.8, 4) is 0 Å². The molecule has 1 aromatic heterocycles. The maximum atomic E-state index is 5.74. The Morgan fingerprint density at radius 3 is 2.55 bits per heavy atom. The molecule has 0 saturated heterocycles. The molecule has 0 aliphatic carbocycles. The van der Waals surface area contributed by atoms with Gasteiger partial charge in [-0.3, -0.25) is 0 Å². The number of nitrogens with zero attached hydrogens (tertiary/aromatic N) is 1. The first-order valence-electron chi connectivity index (χ1n) is 7.01. The third kappa shape index (κ3) is 3.81. The smallest absolute Gasteiger partial charge is 0.107 e. The van der Waals surface area contributed by atoms with E-state index in [9.17, 15) is 0 Å². The number of nitrogen functional groups attached to an aromatic ring is 1.